The number of hydrogen-bond acceptors (Lipinski definition) is 4. The molecule has 0 unspecified atom stereocenters. The highest BCUT2D eigenvalue weighted by Crippen LogP contribution is 2.34. The minimum absolute atomic E-state index is 0.126. The molecule has 3 heterocycles. The first-order valence-corrected chi connectivity index (χ1v) is 11.3. The van der Waals surface area contributed by atoms with Crippen LogP contribution in [0.15, 0.2) is 52.4 Å². The molecular weight excluding hydrogens is 427 g/mol. The average molecular weight is 451 g/mol. The van der Waals surface area contributed by atoms with Crippen molar-refractivity contribution in [1.29, 1.82) is 0 Å². The SMILES string of the molecule is Cc1c(Sc2ccc3[nH]ncc3c2)cc(C(=O)NCc2c(F)ccc3c2CCCO3)n1C. The van der Waals surface area contributed by atoms with E-state index in [2.05, 4.69) is 21.6 Å². The lowest BCUT2D eigenvalue weighted by atomic mass is 9.99. The summed E-state index contributed by atoms with van der Waals surface area (Å²) in [6.07, 6.45) is 3.39. The summed E-state index contributed by atoms with van der Waals surface area (Å²) >= 11 is 1.60. The third-order valence-corrected chi connectivity index (χ3v) is 7.07. The molecule has 1 aliphatic heterocycles. The fourth-order valence-corrected chi connectivity index (χ4v) is 5.07. The van der Waals surface area contributed by atoms with Gasteiger partial charge in [-0.25, -0.2) is 4.39 Å². The van der Waals surface area contributed by atoms with E-state index in [0.29, 0.717) is 23.6 Å². The summed E-state index contributed by atoms with van der Waals surface area (Å²) in [5.74, 6) is 0.162. The van der Waals surface area contributed by atoms with Crippen LogP contribution in [0, 0.1) is 12.7 Å². The van der Waals surface area contributed by atoms with Gasteiger partial charge in [0.05, 0.1) is 18.3 Å². The molecule has 1 amide bonds. The minimum Gasteiger partial charge on any atom is -0.493 e. The van der Waals surface area contributed by atoms with Gasteiger partial charge in [-0.15, -0.1) is 0 Å². The summed E-state index contributed by atoms with van der Waals surface area (Å²) in [5.41, 5.74) is 3.87. The van der Waals surface area contributed by atoms with E-state index in [1.807, 2.05) is 36.7 Å². The Balaban J connectivity index is 1.35. The van der Waals surface area contributed by atoms with Crippen molar-refractivity contribution in [3.05, 3.63) is 70.9 Å². The van der Waals surface area contributed by atoms with Crippen LogP contribution in [0.25, 0.3) is 10.9 Å². The summed E-state index contributed by atoms with van der Waals surface area (Å²) in [5, 5.41) is 10.9. The number of carbonyl (C=O) groups excluding carboxylic acids is 1. The van der Waals surface area contributed by atoms with Crippen molar-refractivity contribution in [2.24, 2.45) is 7.05 Å². The van der Waals surface area contributed by atoms with Crippen molar-refractivity contribution < 1.29 is 13.9 Å². The van der Waals surface area contributed by atoms with Crippen LogP contribution in [0.1, 0.15) is 33.7 Å². The fourth-order valence-electron chi connectivity index (χ4n) is 4.04. The van der Waals surface area contributed by atoms with Crippen LogP contribution < -0.4 is 10.1 Å². The molecule has 2 N–H and O–H groups in total. The van der Waals surface area contributed by atoms with Crippen molar-refractivity contribution >= 4 is 28.6 Å². The first-order valence-electron chi connectivity index (χ1n) is 10.5. The van der Waals surface area contributed by atoms with Crippen LogP contribution in [0.3, 0.4) is 0 Å². The number of amides is 1. The number of nitrogens with one attached hydrogen (secondary N) is 2. The molecular formula is C24H23FN4O2S. The Hall–Kier alpha value is -3.26. The van der Waals surface area contributed by atoms with Crippen LogP contribution in [-0.2, 0) is 20.0 Å². The number of aromatic amines is 1. The van der Waals surface area contributed by atoms with Crippen molar-refractivity contribution in [3.63, 3.8) is 0 Å². The summed E-state index contributed by atoms with van der Waals surface area (Å²) in [6.45, 7) is 2.75. The van der Waals surface area contributed by atoms with Gasteiger partial charge in [-0.3, -0.25) is 9.89 Å². The molecule has 1 aliphatic rings. The highest BCUT2D eigenvalue weighted by atomic mass is 32.2. The van der Waals surface area contributed by atoms with E-state index in [1.165, 1.54) is 6.07 Å². The quantitative estimate of drug-likeness (QED) is 0.460. The summed E-state index contributed by atoms with van der Waals surface area (Å²) in [7, 11) is 1.87. The zero-order chi connectivity index (χ0) is 22.2. The lowest BCUT2D eigenvalue weighted by molar-refractivity contribution is 0.0942. The second-order valence-corrected chi connectivity index (χ2v) is 9.01. The predicted molar refractivity (Wildman–Crippen MR) is 122 cm³/mol. The van der Waals surface area contributed by atoms with Crippen LogP contribution in [0.5, 0.6) is 5.75 Å². The lowest BCUT2D eigenvalue weighted by Gasteiger charge is -2.21. The molecule has 0 saturated carbocycles. The smallest absolute Gasteiger partial charge is 0.268 e. The maximum atomic E-state index is 14.5. The second kappa shape index (κ2) is 8.35. The first-order chi connectivity index (χ1) is 15.5. The maximum Gasteiger partial charge on any atom is 0.268 e. The number of halogens is 1. The van der Waals surface area contributed by atoms with Crippen LogP contribution in [-0.4, -0.2) is 27.3 Å². The Kier molecular flexibility index (Phi) is 5.38. The molecule has 0 spiro atoms. The highest BCUT2D eigenvalue weighted by Gasteiger charge is 2.20. The van der Waals surface area contributed by atoms with Gasteiger partial charge < -0.3 is 14.6 Å². The molecule has 32 heavy (non-hydrogen) atoms. The minimum atomic E-state index is -0.316. The Morgan fingerprint density at radius 3 is 3.06 bits per heavy atom. The number of H-pyrrole nitrogens is 1. The molecule has 2 aromatic carbocycles. The van der Waals surface area contributed by atoms with Crippen molar-refractivity contribution in [2.75, 3.05) is 6.61 Å². The van der Waals surface area contributed by atoms with E-state index < -0.39 is 0 Å². The molecule has 0 fully saturated rings. The molecule has 4 aromatic rings. The number of nitrogens with zero attached hydrogens (tertiary/aromatic N) is 2. The normalized spacial score (nSPS) is 13.1. The Bertz CT molecular complexity index is 1330. The van der Waals surface area contributed by atoms with Crippen LogP contribution in [0.2, 0.25) is 0 Å². The molecule has 0 radical (unpaired) electrons. The summed E-state index contributed by atoms with van der Waals surface area (Å²) < 4.78 is 22.0. The Morgan fingerprint density at radius 2 is 2.19 bits per heavy atom. The van der Waals surface area contributed by atoms with Gasteiger partial charge in [0, 0.05) is 45.6 Å². The van der Waals surface area contributed by atoms with Gasteiger partial charge in [0.1, 0.15) is 17.3 Å². The summed E-state index contributed by atoms with van der Waals surface area (Å²) in [6, 6.07) is 11.0. The predicted octanol–water partition coefficient (Wildman–Crippen LogP) is 4.76. The number of ether oxygens (including phenoxy) is 1. The van der Waals surface area contributed by atoms with E-state index in [9.17, 15) is 9.18 Å². The molecule has 0 saturated heterocycles. The Morgan fingerprint density at radius 1 is 1.31 bits per heavy atom. The Labute approximate surface area is 189 Å². The molecule has 2 aromatic heterocycles. The number of aromatic nitrogens is 3. The molecule has 0 atom stereocenters. The molecule has 6 nitrogen and oxygen atoms in total. The lowest BCUT2D eigenvalue weighted by Crippen LogP contribution is -2.26. The van der Waals surface area contributed by atoms with Gasteiger partial charge in [0.2, 0.25) is 0 Å². The second-order valence-electron chi connectivity index (χ2n) is 7.90. The van der Waals surface area contributed by atoms with E-state index in [4.69, 9.17) is 4.74 Å². The third kappa shape index (κ3) is 3.75. The van der Waals surface area contributed by atoms with E-state index >= 15 is 0 Å². The topological polar surface area (TPSA) is 71.9 Å². The third-order valence-electron chi connectivity index (χ3n) is 5.95. The van der Waals surface area contributed by atoms with Gasteiger partial charge in [-0.05, 0) is 56.2 Å². The molecule has 8 heteroatoms. The number of rotatable bonds is 5. The maximum absolute atomic E-state index is 14.5. The number of benzene rings is 2. The van der Waals surface area contributed by atoms with Gasteiger partial charge in [0.15, 0.2) is 0 Å². The van der Waals surface area contributed by atoms with E-state index in [0.717, 1.165) is 44.8 Å². The fraction of sp³-hybridized carbons (Fsp3) is 0.250. The van der Waals surface area contributed by atoms with Crippen LogP contribution in [0.4, 0.5) is 4.39 Å². The number of fused-ring (bicyclic) bond motifs is 2. The van der Waals surface area contributed by atoms with Crippen molar-refractivity contribution in [2.45, 2.75) is 36.1 Å². The molecule has 0 aliphatic carbocycles. The van der Waals surface area contributed by atoms with Gasteiger partial charge >= 0.3 is 0 Å². The zero-order valence-electron chi connectivity index (χ0n) is 17.9. The average Bonchev–Trinajstić information content (AvgIpc) is 3.38. The summed E-state index contributed by atoms with van der Waals surface area (Å²) in [4.78, 5) is 15.0. The molecule has 5 rings (SSSR count). The highest BCUT2D eigenvalue weighted by molar-refractivity contribution is 7.99. The molecule has 164 valence electrons. The zero-order valence-corrected chi connectivity index (χ0v) is 18.7. The largest absolute Gasteiger partial charge is 0.493 e. The van der Waals surface area contributed by atoms with Gasteiger partial charge in [-0.1, -0.05) is 11.8 Å². The monoisotopic (exact) mass is 450 g/mol. The number of carbonyl (C=O) groups is 1. The van der Waals surface area contributed by atoms with Crippen molar-refractivity contribution in [1.82, 2.24) is 20.1 Å². The van der Waals surface area contributed by atoms with Gasteiger partial charge in [0.25, 0.3) is 5.91 Å². The molecule has 0 bridgehead atoms. The standard InChI is InChI=1S/C24H23FN4O2S/c1-14-23(32-16-5-7-20-15(10-16)12-27-28-20)11-21(29(14)2)24(30)26-13-18-17-4-3-9-31-22(17)8-6-19(18)25/h5-8,10-12H,3-4,9,13H2,1-2H3,(H,26,30)(H,27,28). The van der Waals surface area contributed by atoms with E-state index in [-0.39, 0.29) is 18.3 Å². The van der Waals surface area contributed by atoms with Crippen LogP contribution >= 0.6 is 11.8 Å². The number of hydrogen-bond donors (Lipinski definition) is 2. The first kappa shape index (κ1) is 20.6. The van der Waals surface area contributed by atoms with Crippen molar-refractivity contribution in [3.8, 4) is 5.75 Å². The van der Waals surface area contributed by atoms with E-state index in [1.54, 1.807) is 24.0 Å². The van der Waals surface area contributed by atoms with Gasteiger partial charge in [-0.2, -0.15) is 5.10 Å².